The molecule has 0 radical (unpaired) electrons. The Bertz CT molecular complexity index is 681. The SMILES string of the molecule is O=C(CN1C(=O)C2CCCCC2C1=O)N1CCOC(c2ccccc2)C1. The molecule has 6 heteroatoms. The van der Waals surface area contributed by atoms with Gasteiger partial charge in [0, 0.05) is 6.54 Å². The molecule has 1 aliphatic carbocycles. The molecule has 2 aliphatic heterocycles. The summed E-state index contributed by atoms with van der Waals surface area (Å²) in [7, 11) is 0. The number of ether oxygens (including phenoxy) is 1. The molecular formula is C20H24N2O4. The number of morpholine rings is 1. The largest absolute Gasteiger partial charge is 0.370 e. The molecule has 4 rings (SSSR count). The van der Waals surface area contributed by atoms with Crippen molar-refractivity contribution >= 4 is 17.7 Å². The molecule has 3 unspecified atom stereocenters. The lowest BCUT2D eigenvalue weighted by molar-refractivity contribution is -0.149. The highest BCUT2D eigenvalue weighted by Gasteiger charge is 2.48. The van der Waals surface area contributed by atoms with Gasteiger partial charge in [-0.05, 0) is 18.4 Å². The lowest BCUT2D eigenvalue weighted by Crippen LogP contribution is -2.48. The van der Waals surface area contributed by atoms with E-state index >= 15 is 0 Å². The summed E-state index contributed by atoms with van der Waals surface area (Å²) in [5.74, 6) is -0.881. The van der Waals surface area contributed by atoms with E-state index < -0.39 is 0 Å². The van der Waals surface area contributed by atoms with Crippen LogP contribution in [0.15, 0.2) is 30.3 Å². The smallest absolute Gasteiger partial charge is 0.242 e. The van der Waals surface area contributed by atoms with Crippen molar-refractivity contribution in [1.82, 2.24) is 9.80 Å². The van der Waals surface area contributed by atoms with E-state index in [0.717, 1.165) is 31.2 Å². The number of carbonyl (C=O) groups is 3. The number of fused-ring (bicyclic) bond motifs is 1. The molecule has 138 valence electrons. The van der Waals surface area contributed by atoms with Crippen molar-refractivity contribution in [2.24, 2.45) is 11.8 Å². The van der Waals surface area contributed by atoms with E-state index in [9.17, 15) is 14.4 Å². The highest BCUT2D eigenvalue weighted by molar-refractivity contribution is 6.07. The second-order valence-corrected chi connectivity index (χ2v) is 7.37. The number of amides is 3. The van der Waals surface area contributed by atoms with Gasteiger partial charge in [-0.15, -0.1) is 0 Å². The van der Waals surface area contributed by atoms with Crippen molar-refractivity contribution in [3.05, 3.63) is 35.9 Å². The van der Waals surface area contributed by atoms with Crippen LogP contribution in [-0.2, 0) is 19.1 Å². The monoisotopic (exact) mass is 356 g/mol. The van der Waals surface area contributed by atoms with E-state index in [1.54, 1.807) is 4.90 Å². The molecule has 6 nitrogen and oxygen atoms in total. The maximum Gasteiger partial charge on any atom is 0.242 e. The third-order valence-corrected chi connectivity index (χ3v) is 5.82. The van der Waals surface area contributed by atoms with Gasteiger partial charge in [0.05, 0.1) is 25.0 Å². The maximum absolute atomic E-state index is 12.8. The Morgan fingerprint density at radius 3 is 2.35 bits per heavy atom. The van der Waals surface area contributed by atoms with Gasteiger partial charge in [-0.1, -0.05) is 43.2 Å². The first-order valence-corrected chi connectivity index (χ1v) is 9.44. The first-order chi connectivity index (χ1) is 12.6. The summed E-state index contributed by atoms with van der Waals surface area (Å²) in [5.41, 5.74) is 1.03. The molecule has 0 spiro atoms. The van der Waals surface area contributed by atoms with E-state index in [2.05, 4.69) is 0 Å². The van der Waals surface area contributed by atoms with Crippen molar-refractivity contribution in [2.45, 2.75) is 31.8 Å². The highest BCUT2D eigenvalue weighted by atomic mass is 16.5. The Hall–Kier alpha value is -2.21. The Morgan fingerprint density at radius 1 is 1.04 bits per heavy atom. The minimum atomic E-state index is -0.203. The normalized spacial score (nSPS) is 29.0. The van der Waals surface area contributed by atoms with Crippen LogP contribution in [0.1, 0.15) is 37.4 Å². The van der Waals surface area contributed by atoms with E-state index in [0.29, 0.717) is 19.7 Å². The lowest BCUT2D eigenvalue weighted by Gasteiger charge is -2.34. The fourth-order valence-electron chi connectivity index (χ4n) is 4.37. The van der Waals surface area contributed by atoms with Gasteiger partial charge in [-0.2, -0.15) is 0 Å². The Kier molecular flexibility index (Phi) is 4.76. The maximum atomic E-state index is 12.8. The van der Waals surface area contributed by atoms with E-state index in [1.807, 2.05) is 30.3 Å². The van der Waals surface area contributed by atoms with Crippen LogP contribution in [0.4, 0.5) is 0 Å². The van der Waals surface area contributed by atoms with Crippen LogP contribution < -0.4 is 0 Å². The molecule has 0 bridgehead atoms. The Morgan fingerprint density at radius 2 is 1.69 bits per heavy atom. The standard InChI is InChI=1S/C20H24N2O4/c23-18(13-22-19(24)15-8-4-5-9-16(15)20(22)25)21-10-11-26-17(12-21)14-6-2-1-3-7-14/h1-3,6-7,15-17H,4-5,8-13H2. The van der Waals surface area contributed by atoms with Gasteiger partial charge >= 0.3 is 0 Å². The molecule has 2 saturated heterocycles. The van der Waals surface area contributed by atoms with Crippen LogP contribution in [0.25, 0.3) is 0 Å². The minimum absolute atomic E-state index is 0.133. The summed E-state index contributed by atoms with van der Waals surface area (Å²) in [6.07, 6.45) is 3.36. The molecule has 3 fully saturated rings. The summed E-state index contributed by atoms with van der Waals surface area (Å²) in [5, 5.41) is 0. The van der Waals surface area contributed by atoms with Gasteiger partial charge in [-0.3, -0.25) is 19.3 Å². The fraction of sp³-hybridized carbons (Fsp3) is 0.550. The van der Waals surface area contributed by atoms with E-state index in [1.165, 1.54) is 4.90 Å². The average Bonchev–Trinajstić information content (AvgIpc) is 2.94. The molecule has 2 heterocycles. The van der Waals surface area contributed by atoms with Gasteiger partial charge in [0.25, 0.3) is 0 Å². The molecular weight excluding hydrogens is 332 g/mol. The van der Waals surface area contributed by atoms with Crippen molar-refractivity contribution in [3.8, 4) is 0 Å². The number of hydrogen-bond donors (Lipinski definition) is 0. The molecule has 0 N–H and O–H groups in total. The zero-order chi connectivity index (χ0) is 18.1. The molecule has 1 aromatic rings. The van der Waals surface area contributed by atoms with Crippen LogP contribution >= 0.6 is 0 Å². The summed E-state index contributed by atoms with van der Waals surface area (Å²) in [6.45, 7) is 1.27. The highest BCUT2D eigenvalue weighted by Crippen LogP contribution is 2.38. The Balaban J connectivity index is 1.41. The predicted molar refractivity (Wildman–Crippen MR) is 93.9 cm³/mol. The van der Waals surface area contributed by atoms with Crippen molar-refractivity contribution in [1.29, 1.82) is 0 Å². The fourth-order valence-corrected chi connectivity index (χ4v) is 4.37. The minimum Gasteiger partial charge on any atom is -0.370 e. The van der Waals surface area contributed by atoms with E-state index in [4.69, 9.17) is 4.74 Å². The third-order valence-electron chi connectivity index (χ3n) is 5.82. The van der Waals surface area contributed by atoms with Crippen LogP contribution in [0, 0.1) is 11.8 Å². The topological polar surface area (TPSA) is 66.9 Å². The molecule has 0 aromatic heterocycles. The van der Waals surface area contributed by atoms with Crippen LogP contribution in [-0.4, -0.2) is 53.8 Å². The lowest BCUT2D eigenvalue weighted by atomic mass is 9.81. The molecule has 3 aliphatic rings. The van der Waals surface area contributed by atoms with Gasteiger partial charge < -0.3 is 9.64 Å². The van der Waals surface area contributed by atoms with Gasteiger partial charge in [0.1, 0.15) is 12.6 Å². The first kappa shape index (κ1) is 17.2. The third kappa shape index (κ3) is 3.14. The number of nitrogens with zero attached hydrogens (tertiary/aromatic N) is 2. The zero-order valence-corrected chi connectivity index (χ0v) is 14.8. The Labute approximate surface area is 153 Å². The number of benzene rings is 1. The molecule has 26 heavy (non-hydrogen) atoms. The van der Waals surface area contributed by atoms with Crippen LogP contribution in [0.2, 0.25) is 0 Å². The van der Waals surface area contributed by atoms with Gasteiger partial charge in [-0.25, -0.2) is 0 Å². The van der Waals surface area contributed by atoms with Crippen molar-refractivity contribution in [3.63, 3.8) is 0 Å². The molecule has 3 atom stereocenters. The molecule has 3 amide bonds. The van der Waals surface area contributed by atoms with E-state index in [-0.39, 0.29) is 42.2 Å². The first-order valence-electron chi connectivity index (χ1n) is 9.44. The number of hydrogen-bond acceptors (Lipinski definition) is 4. The second-order valence-electron chi connectivity index (χ2n) is 7.37. The number of rotatable bonds is 3. The summed E-state index contributed by atoms with van der Waals surface area (Å²) >= 11 is 0. The van der Waals surface area contributed by atoms with Crippen molar-refractivity contribution < 1.29 is 19.1 Å². The average molecular weight is 356 g/mol. The summed E-state index contributed by atoms with van der Waals surface area (Å²) < 4.78 is 5.79. The van der Waals surface area contributed by atoms with Gasteiger partial charge in [0.15, 0.2) is 0 Å². The van der Waals surface area contributed by atoms with Crippen molar-refractivity contribution in [2.75, 3.05) is 26.2 Å². The van der Waals surface area contributed by atoms with Gasteiger partial charge in [0.2, 0.25) is 17.7 Å². The summed E-state index contributed by atoms with van der Waals surface area (Å²) in [6, 6.07) is 9.80. The van der Waals surface area contributed by atoms with Crippen LogP contribution in [0.5, 0.6) is 0 Å². The number of carbonyl (C=O) groups excluding carboxylic acids is 3. The summed E-state index contributed by atoms with van der Waals surface area (Å²) in [4.78, 5) is 40.8. The second kappa shape index (κ2) is 7.19. The predicted octanol–water partition coefficient (Wildman–Crippen LogP) is 1.76. The molecule has 1 aromatic carbocycles. The number of likely N-dealkylation sites (tertiary alicyclic amines) is 1. The quantitative estimate of drug-likeness (QED) is 0.774. The van der Waals surface area contributed by atoms with Crippen LogP contribution in [0.3, 0.4) is 0 Å². The molecule has 1 saturated carbocycles. The zero-order valence-electron chi connectivity index (χ0n) is 14.8. The number of imide groups is 1.